The molecule has 0 saturated heterocycles. The van der Waals surface area contributed by atoms with Crippen LogP contribution in [0.25, 0.3) is 11.0 Å². The number of aryl methyl sites for hydroxylation is 4. The number of rotatable bonds is 3. The predicted octanol–water partition coefficient (Wildman–Crippen LogP) is 4.61. The molecule has 0 bridgehead atoms. The first-order valence-corrected chi connectivity index (χ1v) is 7.68. The van der Waals surface area contributed by atoms with Crippen LogP contribution in [0.2, 0.25) is 0 Å². The van der Waals surface area contributed by atoms with Crippen LogP contribution in [0.5, 0.6) is 5.75 Å². The Hall–Kier alpha value is -2.55. The molecule has 0 aliphatic rings. The molecule has 3 aromatic rings. The molecular weight excluding hydrogens is 288 g/mol. The van der Waals surface area contributed by atoms with Gasteiger partial charge in [0.1, 0.15) is 17.9 Å². The summed E-state index contributed by atoms with van der Waals surface area (Å²) in [5, 5.41) is 0.946. The fourth-order valence-corrected chi connectivity index (χ4v) is 2.77. The molecule has 0 saturated carbocycles. The zero-order valence-corrected chi connectivity index (χ0v) is 13.9. The molecule has 2 aromatic carbocycles. The van der Waals surface area contributed by atoms with Crippen LogP contribution in [0.15, 0.2) is 45.6 Å². The number of fused-ring (bicyclic) bond motifs is 1. The lowest BCUT2D eigenvalue weighted by atomic mass is 10.1. The van der Waals surface area contributed by atoms with Crippen molar-refractivity contribution in [2.24, 2.45) is 0 Å². The van der Waals surface area contributed by atoms with E-state index < -0.39 is 0 Å². The van der Waals surface area contributed by atoms with E-state index in [1.54, 1.807) is 0 Å². The molecule has 0 spiro atoms. The molecule has 1 aromatic heterocycles. The molecule has 0 aliphatic carbocycles. The maximum atomic E-state index is 11.6. The minimum Gasteiger partial charge on any atom is -0.488 e. The fourth-order valence-electron chi connectivity index (χ4n) is 2.77. The van der Waals surface area contributed by atoms with Crippen LogP contribution in [0.3, 0.4) is 0 Å². The van der Waals surface area contributed by atoms with Crippen LogP contribution >= 0.6 is 0 Å². The Morgan fingerprint density at radius 2 is 1.74 bits per heavy atom. The van der Waals surface area contributed by atoms with E-state index in [1.807, 2.05) is 26.0 Å². The van der Waals surface area contributed by atoms with E-state index in [2.05, 4.69) is 32.0 Å². The number of benzene rings is 2. The van der Waals surface area contributed by atoms with Crippen molar-refractivity contribution in [3.8, 4) is 5.75 Å². The van der Waals surface area contributed by atoms with Gasteiger partial charge in [0.05, 0.1) is 0 Å². The molecule has 0 radical (unpaired) electrons. The molecule has 118 valence electrons. The molecule has 0 aliphatic heterocycles. The highest BCUT2D eigenvalue weighted by molar-refractivity contribution is 5.84. The first-order chi connectivity index (χ1) is 11.0. The third-order valence-corrected chi connectivity index (χ3v) is 4.21. The predicted molar refractivity (Wildman–Crippen MR) is 92.2 cm³/mol. The monoisotopic (exact) mass is 308 g/mol. The maximum Gasteiger partial charge on any atom is 0.336 e. The number of hydrogen-bond acceptors (Lipinski definition) is 3. The van der Waals surface area contributed by atoms with Gasteiger partial charge in [-0.25, -0.2) is 4.79 Å². The van der Waals surface area contributed by atoms with E-state index in [0.717, 1.165) is 27.8 Å². The normalized spacial score (nSPS) is 11.0. The molecule has 3 heteroatoms. The summed E-state index contributed by atoms with van der Waals surface area (Å²) < 4.78 is 11.4. The van der Waals surface area contributed by atoms with Gasteiger partial charge in [0.2, 0.25) is 0 Å². The lowest BCUT2D eigenvalue weighted by Crippen LogP contribution is -2.02. The van der Waals surface area contributed by atoms with Crippen molar-refractivity contribution in [3.63, 3.8) is 0 Å². The largest absolute Gasteiger partial charge is 0.488 e. The highest BCUT2D eigenvalue weighted by Gasteiger charge is 2.10. The first-order valence-electron chi connectivity index (χ1n) is 7.68. The quantitative estimate of drug-likeness (QED) is 0.663. The summed E-state index contributed by atoms with van der Waals surface area (Å²) >= 11 is 0. The van der Waals surface area contributed by atoms with Crippen LogP contribution in [-0.4, -0.2) is 0 Å². The number of ether oxygens (including phenoxy) is 1. The molecule has 0 N–H and O–H groups in total. The van der Waals surface area contributed by atoms with Gasteiger partial charge < -0.3 is 9.15 Å². The Morgan fingerprint density at radius 3 is 2.52 bits per heavy atom. The van der Waals surface area contributed by atoms with Crippen LogP contribution in [0, 0.1) is 27.7 Å². The maximum absolute atomic E-state index is 11.6. The molecule has 0 unspecified atom stereocenters. The van der Waals surface area contributed by atoms with Gasteiger partial charge in [-0.15, -0.1) is 0 Å². The van der Waals surface area contributed by atoms with Crippen molar-refractivity contribution in [3.05, 3.63) is 74.6 Å². The minimum absolute atomic E-state index is 0.329. The first kappa shape index (κ1) is 15.3. The van der Waals surface area contributed by atoms with E-state index in [4.69, 9.17) is 9.15 Å². The smallest absolute Gasteiger partial charge is 0.336 e. The molecule has 1 heterocycles. The van der Waals surface area contributed by atoms with Gasteiger partial charge in [-0.05, 0) is 56.5 Å². The third-order valence-electron chi connectivity index (χ3n) is 4.21. The number of hydrogen-bond donors (Lipinski definition) is 0. The summed E-state index contributed by atoms with van der Waals surface area (Å²) in [6.07, 6.45) is 0. The van der Waals surface area contributed by atoms with E-state index in [-0.39, 0.29) is 5.63 Å². The molecule has 0 atom stereocenters. The fraction of sp³-hybridized carbons (Fsp3) is 0.250. The van der Waals surface area contributed by atoms with Gasteiger partial charge in [-0.3, -0.25) is 0 Å². The van der Waals surface area contributed by atoms with E-state index in [9.17, 15) is 4.79 Å². The highest BCUT2D eigenvalue weighted by Crippen LogP contribution is 2.29. The van der Waals surface area contributed by atoms with Crippen LogP contribution in [-0.2, 0) is 6.61 Å². The van der Waals surface area contributed by atoms with Gasteiger partial charge in [0.15, 0.2) is 0 Å². The van der Waals surface area contributed by atoms with Gasteiger partial charge in [-0.1, -0.05) is 23.8 Å². The summed E-state index contributed by atoms with van der Waals surface area (Å²) in [6, 6.07) is 11.7. The zero-order valence-electron chi connectivity index (χ0n) is 13.9. The standard InChI is InChI=1S/C20H20O3/c1-12-5-6-13(2)16(9-12)11-22-18-8-7-17-14(3)10-19(21)23-20(17)15(18)4/h5-10H,11H2,1-4H3. The van der Waals surface area contributed by atoms with Gasteiger partial charge >= 0.3 is 5.63 Å². The second kappa shape index (κ2) is 5.92. The van der Waals surface area contributed by atoms with Gasteiger partial charge in [0, 0.05) is 17.0 Å². The molecule has 0 amide bonds. The van der Waals surface area contributed by atoms with Gasteiger partial charge in [0.25, 0.3) is 0 Å². The lowest BCUT2D eigenvalue weighted by Gasteiger charge is -2.13. The van der Waals surface area contributed by atoms with Crippen molar-refractivity contribution in [2.45, 2.75) is 34.3 Å². The van der Waals surface area contributed by atoms with Crippen molar-refractivity contribution >= 4 is 11.0 Å². The molecule has 3 nitrogen and oxygen atoms in total. The van der Waals surface area contributed by atoms with Crippen LogP contribution < -0.4 is 10.4 Å². The van der Waals surface area contributed by atoms with E-state index >= 15 is 0 Å². The van der Waals surface area contributed by atoms with Crippen molar-refractivity contribution in [2.75, 3.05) is 0 Å². The summed E-state index contributed by atoms with van der Waals surface area (Å²) in [5.41, 5.74) is 5.63. The second-order valence-corrected chi connectivity index (χ2v) is 6.03. The Labute approximate surface area is 135 Å². The second-order valence-electron chi connectivity index (χ2n) is 6.03. The SMILES string of the molecule is Cc1ccc(C)c(COc2ccc3c(C)cc(=O)oc3c2C)c1. The van der Waals surface area contributed by atoms with Crippen molar-refractivity contribution < 1.29 is 9.15 Å². The van der Waals surface area contributed by atoms with Crippen LogP contribution in [0.1, 0.15) is 27.8 Å². The summed E-state index contributed by atoms with van der Waals surface area (Å²) in [5.74, 6) is 0.743. The Balaban J connectivity index is 1.96. The summed E-state index contributed by atoms with van der Waals surface area (Å²) in [7, 11) is 0. The lowest BCUT2D eigenvalue weighted by molar-refractivity contribution is 0.303. The Bertz CT molecular complexity index is 936. The van der Waals surface area contributed by atoms with E-state index in [1.165, 1.54) is 17.2 Å². The van der Waals surface area contributed by atoms with Crippen molar-refractivity contribution in [1.82, 2.24) is 0 Å². The summed E-state index contributed by atoms with van der Waals surface area (Å²) in [4.78, 5) is 11.6. The molecule has 0 fully saturated rings. The Kier molecular flexibility index (Phi) is 3.95. The Morgan fingerprint density at radius 1 is 0.957 bits per heavy atom. The minimum atomic E-state index is -0.329. The van der Waals surface area contributed by atoms with Crippen molar-refractivity contribution in [1.29, 1.82) is 0 Å². The van der Waals surface area contributed by atoms with Gasteiger partial charge in [-0.2, -0.15) is 0 Å². The van der Waals surface area contributed by atoms with Crippen LogP contribution in [0.4, 0.5) is 0 Å². The molecular formula is C20H20O3. The summed E-state index contributed by atoms with van der Waals surface area (Å²) in [6.45, 7) is 8.48. The zero-order chi connectivity index (χ0) is 16.6. The third kappa shape index (κ3) is 3.00. The molecule has 3 rings (SSSR count). The highest BCUT2D eigenvalue weighted by atomic mass is 16.5. The topological polar surface area (TPSA) is 39.4 Å². The molecule has 23 heavy (non-hydrogen) atoms. The average molecular weight is 308 g/mol. The van der Waals surface area contributed by atoms with E-state index in [0.29, 0.717) is 12.2 Å². The average Bonchev–Trinajstić information content (AvgIpc) is 2.50.